The minimum Gasteiger partial charge on any atom is -0.486 e. The Balaban J connectivity index is 2.21. The molecule has 0 N–H and O–H groups in total. The van der Waals surface area contributed by atoms with Gasteiger partial charge in [-0.1, -0.05) is 29.3 Å². The molecular weight excluding hydrogens is 335 g/mol. The van der Waals surface area contributed by atoms with E-state index in [-0.39, 0.29) is 6.10 Å². The van der Waals surface area contributed by atoms with E-state index in [1.165, 1.54) is 7.11 Å². The highest BCUT2D eigenvalue weighted by molar-refractivity contribution is 6.38. The molecule has 3 nitrogen and oxygen atoms in total. The Morgan fingerprint density at radius 1 is 1.17 bits per heavy atom. The number of esters is 1. The van der Waals surface area contributed by atoms with Gasteiger partial charge < -0.3 is 9.47 Å². The smallest absolute Gasteiger partial charge is 0.337 e. The van der Waals surface area contributed by atoms with Gasteiger partial charge >= 0.3 is 5.97 Å². The number of hydrogen-bond donors (Lipinski definition) is 0. The second-order valence-electron chi connectivity index (χ2n) is 5.20. The molecule has 5 heteroatoms. The van der Waals surface area contributed by atoms with Crippen LogP contribution in [-0.4, -0.2) is 19.2 Å². The predicted octanol–water partition coefficient (Wildman–Crippen LogP) is 4.99. The summed E-state index contributed by atoms with van der Waals surface area (Å²) in [4.78, 5) is 11.8. The van der Waals surface area contributed by atoms with Gasteiger partial charge in [0.25, 0.3) is 0 Å². The van der Waals surface area contributed by atoms with Gasteiger partial charge in [-0.3, -0.25) is 0 Å². The third-order valence-electron chi connectivity index (χ3n) is 3.64. The standard InChI is InChI=1S/C18H14Cl2O3/c1-10-8-13(17-14(19)4-3-5-15(17)20)12-9-11(18(21)22-2)6-7-16(12)23-10/h3-10H,1-2H3. The van der Waals surface area contributed by atoms with Crippen molar-refractivity contribution in [3.63, 3.8) is 0 Å². The van der Waals surface area contributed by atoms with Crippen molar-refractivity contribution >= 4 is 34.7 Å². The summed E-state index contributed by atoms with van der Waals surface area (Å²) in [7, 11) is 1.35. The first-order valence-corrected chi connectivity index (χ1v) is 7.82. The highest BCUT2D eigenvalue weighted by Gasteiger charge is 2.24. The number of fused-ring (bicyclic) bond motifs is 1. The highest BCUT2D eigenvalue weighted by atomic mass is 35.5. The largest absolute Gasteiger partial charge is 0.486 e. The van der Waals surface area contributed by atoms with Crippen molar-refractivity contribution in [3.8, 4) is 5.75 Å². The molecule has 0 saturated carbocycles. The lowest BCUT2D eigenvalue weighted by Gasteiger charge is -2.25. The van der Waals surface area contributed by atoms with Crippen LogP contribution in [0.3, 0.4) is 0 Å². The Morgan fingerprint density at radius 3 is 2.52 bits per heavy atom. The van der Waals surface area contributed by atoms with Crippen LogP contribution in [0.15, 0.2) is 42.5 Å². The molecule has 1 heterocycles. The molecule has 0 amide bonds. The fraction of sp³-hybridized carbons (Fsp3) is 0.167. The van der Waals surface area contributed by atoms with Crippen LogP contribution in [0.1, 0.15) is 28.4 Å². The number of methoxy groups -OCH3 is 1. The van der Waals surface area contributed by atoms with E-state index in [1.807, 2.05) is 13.0 Å². The molecule has 1 aliphatic rings. The van der Waals surface area contributed by atoms with Gasteiger partial charge in [-0.2, -0.15) is 0 Å². The SMILES string of the molecule is COC(=O)c1ccc2c(c1)C(c1c(Cl)cccc1Cl)=CC(C)O2. The molecule has 0 spiro atoms. The monoisotopic (exact) mass is 348 g/mol. The zero-order valence-corrected chi connectivity index (χ0v) is 14.1. The van der Waals surface area contributed by atoms with Gasteiger partial charge in [0.15, 0.2) is 0 Å². The fourth-order valence-corrected chi connectivity index (χ4v) is 3.22. The molecule has 0 aliphatic carbocycles. The Labute approximate surface area is 144 Å². The van der Waals surface area contributed by atoms with Gasteiger partial charge in [-0.25, -0.2) is 4.79 Å². The molecule has 0 saturated heterocycles. The van der Waals surface area contributed by atoms with E-state index in [9.17, 15) is 4.79 Å². The van der Waals surface area contributed by atoms with Gasteiger partial charge in [0, 0.05) is 21.2 Å². The third-order valence-corrected chi connectivity index (χ3v) is 4.27. The number of hydrogen-bond acceptors (Lipinski definition) is 3. The fourth-order valence-electron chi connectivity index (χ4n) is 2.62. The first-order chi connectivity index (χ1) is 11.0. The maximum atomic E-state index is 11.8. The number of carbonyl (C=O) groups is 1. The minimum atomic E-state index is -0.406. The van der Waals surface area contributed by atoms with Gasteiger partial charge in [0.1, 0.15) is 11.9 Å². The zero-order chi connectivity index (χ0) is 16.6. The summed E-state index contributed by atoms with van der Waals surface area (Å²) in [6, 6.07) is 10.5. The first-order valence-electron chi connectivity index (χ1n) is 7.07. The normalized spacial score (nSPS) is 16.2. The van der Waals surface area contributed by atoms with Crippen molar-refractivity contribution in [3.05, 3.63) is 69.2 Å². The molecule has 0 fully saturated rings. The minimum absolute atomic E-state index is 0.131. The van der Waals surface area contributed by atoms with Gasteiger partial charge in [-0.15, -0.1) is 0 Å². The van der Waals surface area contributed by atoms with Gasteiger partial charge in [0.2, 0.25) is 0 Å². The molecule has 1 aliphatic heterocycles. The van der Waals surface area contributed by atoms with Crippen LogP contribution in [-0.2, 0) is 4.74 Å². The lowest BCUT2D eigenvalue weighted by Crippen LogP contribution is -2.16. The Hall–Kier alpha value is -1.97. The van der Waals surface area contributed by atoms with Crippen molar-refractivity contribution in [1.29, 1.82) is 0 Å². The van der Waals surface area contributed by atoms with E-state index in [2.05, 4.69) is 0 Å². The van der Waals surface area contributed by atoms with Gasteiger partial charge in [-0.05, 0) is 48.9 Å². The van der Waals surface area contributed by atoms with Crippen LogP contribution >= 0.6 is 23.2 Å². The molecule has 1 atom stereocenters. The average molecular weight is 349 g/mol. The van der Waals surface area contributed by atoms with Crippen molar-refractivity contribution in [2.24, 2.45) is 0 Å². The van der Waals surface area contributed by atoms with E-state index in [1.54, 1.807) is 36.4 Å². The Bertz CT molecular complexity index is 792. The molecule has 118 valence electrons. The predicted molar refractivity (Wildman–Crippen MR) is 91.4 cm³/mol. The number of benzene rings is 2. The topological polar surface area (TPSA) is 35.5 Å². The summed E-state index contributed by atoms with van der Waals surface area (Å²) in [6.45, 7) is 1.93. The number of ether oxygens (including phenoxy) is 2. The Kier molecular flexibility index (Phi) is 4.33. The molecule has 2 aromatic rings. The molecular formula is C18H14Cl2O3. The lowest BCUT2D eigenvalue weighted by atomic mass is 9.92. The summed E-state index contributed by atoms with van der Waals surface area (Å²) in [5, 5.41) is 1.10. The molecule has 0 aromatic heterocycles. The van der Waals surface area contributed by atoms with E-state index in [0.717, 1.165) is 16.7 Å². The van der Waals surface area contributed by atoms with Crippen molar-refractivity contribution in [1.82, 2.24) is 0 Å². The molecule has 1 unspecified atom stereocenters. The third kappa shape index (κ3) is 2.94. The average Bonchev–Trinajstić information content (AvgIpc) is 2.53. The number of rotatable bonds is 2. The number of carbonyl (C=O) groups excluding carboxylic acids is 1. The van der Waals surface area contributed by atoms with Crippen molar-refractivity contribution in [2.75, 3.05) is 7.11 Å². The first kappa shape index (κ1) is 15.9. The summed E-state index contributed by atoms with van der Waals surface area (Å²) >= 11 is 12.7. The lowest BCUT2D eigenvalue weighted by molar-refractivity contribution is 0.0600. The van der Waals surface area contributed by atoms with E-state index in [4.69, 9.17) is 32.7 Å². The molecule has 2 aromatic carbocycles. The van der Waals surface area contributed by atoms with Crippen LogP contribution in [0.5, 0.6) is 5.75 Å². The zero-order valence-electron chi connectivity index (χ0n) is 12.6. The van der Waals surface area contributed by atoms with Gasteiger partial charge in [0.05, 0.1) is 12.7 Å². The summed E-state index contributed by atoms with van der Waals surface area (Å²) in [5.74, 6) is 0.273. The maximum Gasteiger partial charge on any atom is 0.337 e. The summed E-state index contributed by atoms with van der Waals surface area (Å²) in [5.41, 5.74) is 2.79. The van der Waals surface area contributed by atoms with Crippen LogP contribution < -0.4 is 4.74 Å². The van der Waals surface area contributed by atoms with E-state index >= 15 is 0 Å². The van der Waals surface area contributed by atoms with Crippen LogP contribution in [0.2, 0.25) is 10.0 Å². The molecule has 3 rings (SSSR count). The van der Waals surface area contributed by atoms with Crippen molar-refractivity contribution < 1.29 is 14.3 Å². The second kappa shape index (κ2) is 6.26. The quantitative estimate of drug-likeness (QED) is 0.717. The molecule has 23 heavy (non-hydrogen) atoms. The van der Waals surface area contributed by atoms with Crippen molar-refractivity contribution in [2.45, 2.75) is 13.0 Å². The summed E-state index contributed by atoms with van der Waals surface area (Å²) < 4.78 is 10.6. The Morgan fingerprint density at radius 2 is 1.87 bits per heavy atom. The second-order valence-corrected chi connectivity index (χ2v) is 6.02. The highest BCUT2D eigenvalue weighted by Crippen LogP contribution is 2.41. The summed E-state index contributed by atoms with van der Waals surface area (Å²) in [6.07, 6.45) is 1.81. The van der Waals surface area contributed by atoms with Crippen LogP contribution in [0.4, 0.5) is 0 Å². The molecule has 0 bridgehead atoms. The van der Waals surface area contributed by atoms with Crippen LogP contribution in [0.25, 0.3) is 5.57 Å². The van der Waals surface area contributed by atoms with E-state index in [0.29, 0.717) is 21.4 Å². The maximum absolute atomic E-state index is 11.8. The number of halogens is 2. The van der Waals surface area contributed by atoms with E-state index < -0.39 is 5.97 Å². The van der Waals surface area contributed by atoms with Crippen LogP contribution in [0, 0.1) is 0 Å². The molecule has 0 radical (unpaired) electrons.